The van der Waals surface area contributed by atoms with Crippen LogP contribution in [0, 0.1) is 0 Å². The lowest BCUT2D eigenvalue weighted by molar-refractivity contribution is -0.136. The molecule has 2 amide bonds. The van der Waals surface area contributed by atoms with Crippen molar-refractivity contribution in [2.75, 3.05) is 13.1 Å². The predicted molar refractivity (Wildman–Crippen MR) is 71.5 cm³/mol. The molecule has 1 heterocycles. The number of aliphatic hydroxyl groups is 1. The Morgan fingerprint density at radius 3 is 2.79 bits per heavy atom. The summed E-state index contributed by atoms with van der Waals surface area (Å²) in [6.45, 7) is 0.821. The van der Waals surface area contributed by atoms with Crippen LogP contribution in [0.1, 0.15) is 51.4 Å². The van der Waals surface area contributed by atoms with Gasteiger partial charge in [0.25, 0.3) is 0 Å². The van der Waals surface area contributed by atoms with Crippen LogP contribution < -0.4 is 5.32 Å². The Balaban J connectivity index is 1.81. The van der Waals surface area contributed by atoms with Crippen molar-refractivity contribution in [1.82, 2.24) is 10.2 Å². The van der Waals surface area contributed by atoms with Crippen LogP contribution in [0.2, 0.25) is 0 Å². The number of aliphatic hydroxyl groups excluding tert-OH is 1. The van der Waals surface area contributed by atoms with Crippen LogP contribution in [0.25, 0.3) is 0 Å². The van der Waals surface area contributed by atoms with Gasteiger partial charge in [0.1, 0.15) is 0 Å². The molecule has 0 aromatic carbocycles. The molecule has 2 fully saturated rings. The molecular weight excluding hydrogens is 244 g/mol. The molecule has 2 atom stereocenters. The highest BCUT2D eigenvalue weighted by Crippen LogP contribution is 2.18. The minimum atomic E-state index is -0.433. The topological polar surface area (TPSA) is 69.6 Å². The minimum absolute atomic E-state index is 0.0804. The van der Waals surface area contributed by atoms with Crippen LogP contribution >= 0.6 is 0 Å². The first-order valence-corrected chi connectivity index (χ1v) is 7.42. The fourth-order valence-electron chi connectivity index (χ4n) is 2.91. The second-order valence-electron chi connectivity index (χ2n) is 5.65. The largest absolute Gasteiger partial charge is 0.391 e. The van der Waals surface area contributed by atoms with Crippen LogP contribution in [0.3, 0.4) is 0 Å². The van der Waals surface area contributed by atoms with Crippen molar-refractivity contribution in [3.8, 4) is 0 Å². The van der Waals surface area contributed by atoms with Gasteiger partial charge < -0.3 is 15.3 Å². The molecule has 5 nitrogen and oxygen atoms in total. The van der Waals surface area contributed by atoms with E-state index in [9.17, 15) is 14.7 Å². The summed E-state index contributed by atoms with van der Waals surface area (Å²) in [4.78, 5) is 25.4. The van der Waals surface area contributed by atoms with Gasteiger partial charge in [-0.1, -0.05) is 19.3 Å². The molecule has 0 spiro atoms. The molecule has 0 bridgehead atoms. The number of hydrogen-bond donors (Lipinski definition) is 2. The Kier molecular flexibility index (Phi) is 5.19. The van der Waals surface area contributed by atoms with E-state index in [0.29, 0.717) is 13.0 Å². The third-order valence-electron chi connectivity index (χ3n) is 4.08. The van der Waals surface area contributed by atoms with Gasteiger partial charge in [-0.25, -0.2) is 0 Å². The average molecular weight is 268 g/mol. The summed E-state index contributed by atoms with van der Waals surface area (Å²) in [7, 11) is 0. The summed E-state index contributed by atoms with van der Waals surface area (Å²) in [5.41, 5.74) is 0. The first-order valence-electron chi connectivity index (χ1n) is 7.42. The van der Waals surface area contributed by atoms with Crippen molar-refractivity contribution in [2.45, 2.75) is 63.5 Å². The summed E-state index contributed by atoms with van der Waals surface area (Å²) < 4.78 is 0. The van der Waals surface area contributed by atoms with E-state index in [2.05, 4.69) is 5.32 Å². The normalized spacial score (nSPS) is 28.9. The summed E-state index contributed by atoms with van der Waals surface area (Å²) >= 11 is 0. The zero-order chi connectivity index (χ0) is 13.7. The lowest BCUT2D eigenvalue weighted by Gasteiger charge is -2.29. The highest BCUT2D eigenvalue weighted by molar-refractivity contribution is 5.85. The maximum absolute atomic E-state index is 12.0. The van der Waals surface area contributed by atoms with E-state index in [-0.39, 0.29) is 24.4 Å². The predicted octanol–water partition coefficient (Wildman–Crippen LogP) is 0.809. The second-order valence-corrected chi connectivity index (χ2v) is 5.65. The molecule has 108 valence electrons. The zero-order valence-corrected chi connectivity index (χ0v) is 11.4. The van der Waals surface area contributed by atoms with Crippen molar-refractivity contribution < 1.29 is 14.7 Å². The van der Waals surface area contributed by atoms with Crippen LogP contribution in [-0.2, 0) is 9.59 Å². The summed E-state index contributed by atoms with van der Waals surface area (Å²) in [5, 5.41) is 12.7. The zero-order valence-electron chi connectivity index (χ0n) is 11.4. The van der Waals surface area contributed by atoms with E-state index in [1.807, 2.05) is 0 Å². The summed E-state index contributed by atoms with van der Waals surface area (Å²) in [5.74, 6) is -0.0574. The number of carbonyl (C=O) groups is 2. The maximum Gasteiger partial charge on any atom is 0.239 e. The second kappa shape index (κ2) is 6.89. The summed E-state index contributed by atoms with van der Waals surface area (Å²) in [6.07, 6.45) is 6.75. The Hall–Kier alpha value is -1.10. The quantitative estimate of drug-likeness (QED) is 0.796. The molecule has 2 aliphatic rings. The van der Waals surface area contributed by atoms with Gasteiger partial charge >= 0.3 is 0 Å². The molecule has 0 radical (unpaired) electrons. The van der Waals surface area contributed by atoms with Crippen LogP contribution in [0.5, 0.6) is 0 Å². The van der Waals surface area contributed by atoms with Gasteiger partial charge in [0.05, 0.1) is 18.7 Å². The molecule has 0 unspecified atom stereocenters. The Labute approximate surface area is 114 Å². The van der Waals surface area contributed by atoms with Gasteiger partial charge in [-0.05, 0) is 25.7 Å². The van der Waals surface area contributed by atoms with Crippen molar-refractivity contribution in [2.24, 2.45) is 0 Å². The van der Waals surface area contributed by atoms with Gasteiger partial charge in [0.15, 0.2) is 0 Å². The smallest absolute Gasteiger partial charge is 0.239 e. The highest BCUT2D eigenvalue weighted by Gasteiger charge is 2.26. The fourth-order valence-corrected chi connectivity index (χ4v) is 2.91. The first-order chi connectivity index (χ1) is 9.16. The monoisotopic (exact) mass is 268 g/mol. The van der Waals surface area contributed by atoms with E-state index < -0.39 is 6.10 Å². The molecule has 1 aliphatic carbocycles. The first kappa shape index (κ1) is 14.3. The molecule has 2 rings (SSSR count). The third kappa shape index (κ3) is 4.20. The molecule has 2 N–H and O–H groups in total. The Morgan fingerprint density at radius 2 is 2.00 bits per heavy atom. The number of rotatable bonds is 3. The van der Waals surface area contributed by atoms with Gasteiger partial charge in [-0.15, -0.1) is 0 Å². The van der Waals surface area contributed by atoms with Gasteiger partial charge in [0, 0.05) is 13.0 Å². The van der Waals surface area contributed by atoms with Gasteiger partial charge in [0.2, 0.25) is 11.8 Å². The lowest BCUT2D eigenvalue weighted by atomic mass is 9.92. The highest BCUT2D eigenvalue weighted by atomic mass is 16.3. The number of hydrogen-bond acceptors (Lipinski definition) is 3. The van der Waals surface area contributed by atoms with E-state index in [1.165, 1.54) is 0 Å². The Morgan fingerprint density at radius 1 is 1.21 bits per heavy atom. The minimum Gasteiger partial charge on any atom is -0.391 e. The van der Waals surface area contributed by atoms with Crippen molar-refractivity contribution >= 4 is 11.8 Å². The molecular formula is C14H24N2O3. The molecule has 19 heavy (non-hydrogen) atoms. The lowest BCUT2D eigenvalue weighted by Crippen LogP contribution is -2.49. The molecule has 5 heteroatoms. The number of likely N-dealkylation sites (tertiary alicyclic amines) is 1. The standard InChI is InChI=1S/C14H24N2O3/c17-12-7-4-3-6-11(12)15-13(18)10-16-9-5-1-2-8-14(16)19/h11-12,17H,1-10H2,(H,15,18)/t11-,12-/m0/s1. The van der Waals surface area contributed by atoms with E-state index in [1.54, 1.807) is 4.90 Å². The van der Waals surface area contributed by atoms with Crippen molar-refractivity contribution in [1.29, 1.82) is 0 Å². The molecule has 1 saturated carbocycles. The number of nitrogens with one attached hydrogen (secondary N) is 1. The van der Waals surface area contributed by atoms with Crippen LogP contribution in [-0.4, -0.2) is 47.1 Å². The van der Waals surface area contributed by atoms with Crippen LogP contribution in [0.4, 0.5) is 0 Å². The number of nitrogens with zero attached hydrogens (tertiary/aromatic N) is 1. The molecule has 0 aromatic heterocycles. The number of carbonyl (C=O) groups excluding carboxylic acids is 2. The summed E-state index contributed by atoms with van der Waals surface area (Å²) in [6, 6.07) is -0.136. The maximum atomic E-state index is 12.0. The van der Waals surface area contributed by atoms with Crippen molar-refractivity contribution in [3.63, 3.8) is 0 Å². The fraction of sp³-hybridized carbons (Fsp3) is 0.857. The van der Waals surface area contributed by atoms with E-state index in [0.717, 1.165) is 44.9 Å². The molecule has 1 saturated heterocycles. The average Bonchev–Trinajstić information content (AvgIpc) is 2.58. The third-order valence-corrected chi connectivity index (χ3v) is 4.08. The Bertz CT molecular complexity index is 333. The van der Waals surface area contributed by atoms with E-state index in [4.69, 9.17) is 0 Å². The van der Waals surface area contributed by atoms with Gasteiger partial charge in [-0.3, -0.25) is 9.59 Å². The van der Waals surface area contributed by atoms with Crippen LogP contribution in [0.15, 0.2) is 0 Å². The number of amides is 2. The van der Waals surface area contributed by atoms with Crippen molar-refractivity contribution in [3.05, 3.63) is 0 Å². The molecule has 1 aliphatic heterocycles. The van der Waals surface area contributed by atoms with Gasteiger partial charge in [-0.2, -0.15) is 0 Å². The SMILES string of the molecule is O=C(CN1CCCCCC1=O)N[C@H]1CCCC[C@@H]1O. The van der Waals surface area contributed by atoms with E-state index >= 15 is 0 Å². The molecule has 0 aromatic rings.